The van der Waals surface area contributed by atoms with Crippen LogP contribution in [0, 0.1) is 0 Å². The quantitative estimate of drug-likeness (QED) is 0.826. The molecule has 0 spiro atoms. The second-order valence-electron chi connectivity index (χ2n) is 3.53. The van der Waals surface area contributed by atoms with E-state index in [0.717, 1.165) is 21.8 Å². The van der Waals surface area contributed by atoms with Gasteiger partial charge in [-0.1, -0.05) is 60.0 Å². The van der Waals surface area contributed by atoms with Gasteiger partial charge in [0.05, 0.1) is 0 Å². The molecule has 0 aliphatic rings. The lowest BCUT2D eigenvalue weighted by atomic mass is 10.2. The smallest absolute Gasteiger partial charge is 0.179 e. The van der Waals surface area contributed by atoms with E-state index < -0.39 is 0 Å². The maximum atomic E-state index is 4.19. The first-order valence-electron chi connectivity index (χ1n) is 5.67. The van der Waals surface area contributed by atoms with Gasteiger partial charge in [0.15, 0.2) is 8.68 Å². The van der Waals surface area contributed by atoms with Gasteiger partial charge in [0.25, 0.3) is 0 Å². The van der Waals surface area contributed by atoms with Crippen LogP contribution in [0.2, 0.25) is 0 Å². The molecule has 0 fully saturated rings. The summed E-state index contributed by atoms with van der Waals surface area (Å²) in [7, 11) is 0. The van der Waals surface area contributed by atoms with Gasteiger partial charge < -0.3 is 5.32 Å². The van der Waals surface area contributed by atoms with Crippen LogP contribution in [0.25, 0.3) is 0 Å². The summed E-state index contributed by atoms with van der Waals surface area (Å²) in [5.41, 5.74) is 1.31. The van der Waals surface area contributed by atoms with E-state index in [4.69, 9.17) is 0 Å². The van der Waals surface area contributed by atoms with Crippen molar-refractivity contribution in [1.82, 2.24) is 15.5 Å². The van der Waals surface area contributed by atoms with Crippen molar-refractivity contribution in [2.24, 2.45) is 0 Å². The van der Waals surface area contributed by atoms with E-state index in [1.165, 1.54) is 10.5 Å². The van der Waals surface area contributed by atoms with Gasteiger partial charge in [0.2, 0.25) is 0 Å². The summed E-state index contributed by atoms with van der Waals surface area (Å²) in [6.45, 7) is 3.99. The van der Waals surface area contributed by atoms with Gasteiger partial charge >= 0.3 is 0 Å². The zero-order valence-electron chi connectivity index (χ0n) is 10.3. The summed E-state index contributed by atoms with van der Waals surface area (Å²) in [6, 6.07) is 8.43. The predicted molar refractivity (Wildman–Crippen MR) is 79.6 cm³/mol. The van der Waals surface area contributed by atoms with Crippen molar-refractivity contribution in [1.29, 1.82) is 0 Å². The van der Waals surface area contributed by atoms with Gasteiger partial charge in [-0.15, -0.1) is 10.2 Å². The molecule has 0 amide bonds. The molecule has 3 nitrogen and oxygen atoms in total. The molecule has 0 atom stereocenters. The Morgan fingerprint density at radius 3 is 2.72 bits per heavy atom. The Morgan fingerprint density at radius 2 is 2.00 bits per heavy atom. The topological polar surface area (TPSA) is 37.8 Å². The molecule has 0 unspecified atom stereocenters. The minimum atomic E-state index is 0.897. The van der Waals surface area contributed by atoms with E-state index in [9.17, 15) is 0 Å². The summed E-state index contributed by atoms with van der Waals surface area (Å²) in [5, 5.41) is 11.7. The zero-order chi connectivity index (χ0) is 12.8. The number of nitrogens with zero attached hydrogens (tertiary/aromatic N) is 2. The van der Waals surface area contributed by atoms with Crippen LogP contribution in [0.4, 0.5) is 0 Å². The van der Waals surface area contributed by atoms with Crippen LogP contribution >= 0.6 is 34.9 Å². The zero-order valence-corrected chi connectivity index (χ0v) is 12.8. The van der Waals surface area contributed by atoms with Gasteiger partial charge in [-0.3, -0.25) is 0 Å². The second-order valence-corrected chi connectivity index (χ2v) is 6.85. The van der Waals surface area contributed by atoms with E-state index in [-0.39, 0.29) is 0 Å². The largest absolute Gasteiger partial charge is 0.313 e. The Morgan fingerprint density at radius 1 is 1.22 bits per heavy atom. The minimum Gasteiger partial charge on any atom is -0.313 e. The molecule has 2 rings (SSSR count). The lowest BCUT2D eigenvalue weighted by Gasteiger charge is -2.07. The number of hydrogen-bond acceptors (Lipinski definition) is 6. The molecular formula is C12H15N3S3. The Balaban J connectivity index is 2.12. The van der Waals surface area contributed by atoms with Crippen molar-refractivity contribution in [3.8, 4) is 0 Å². The van der Waals surface area contributed by atoms with Crippen molar-refractivity contribution in [2.45, 2.75) is 27.0 Å². The van der Waals surface area contributed by atoms with E-state index in [1.54, 1.807) is 34.9 Å². The molecule has 96 valence electrons. The Hall–Kier alpha value is -0.560. The highest BCUT2D eigenvalue weighted by Gasteiger charge is 2.08. The van der Waals surface area contributed by atoms with Crippen LogP contribution in [-0.2, 0) is 6.54 Å². The van der Waals surface area contributed by atoms with Crippen LogP contribution in [0.1, 0.15) is 12.5 Å². The fourth-order valence-electron chi connectivity index (χ4n) is 1.42. The highest BCUT2D eigenvalue weighted by Crippen LogP contribution is 2.34. The highest BCUT2D eigenvalue weighted by molar-refractivity contribution is 8.03. The Bertz CT molecular complexity index is 499. The maximum absolute atomic E-state index is 4.19. The van der Waals surface area contributed by atoms with Crippen molar-refractivity contribution < 1.29 is 0 Å². The lowest BCUT2D eigenvalue weighted by molar-refractivity contribution is 0.718. The van der Waals surface area contributed by atoms with Crippen molar-refractivity contribution in [3.05, 3.63) is 29.8 Å². The molecule has 1 aromatic heterocycles. The third-order valence-electron chi connectivity index (χ3n) is 2.30. The first-order chi connectivity index (χ1) is 8.83. The van der Waals surface area contributed by atoms with Crippen LogP contribution in [0.15, 0.2) is 37.8 Å². The molecule has 0 saturated carbocycles. The van der Waals surface area contributed by atoms with Gasteiger partial charge in [-0.25, -0.2) is 0 Å². The molecular weight excluding hydrogens is 282 g/mol. The molecule has 1 heterocycles. The molecule has 0 aliphatic heterocycles. The first kappa shape index (κ1) is 13.9. The molecule has 0 radical (unpaired) electrons. The molecule has 6 heteroatoms. The number of nitrogens with one attached hydrogen (secondary N) is 1. The number of rotatable bonds is 6. The number of aromatic nitrogens is 2. The van der Waals surface area contributed by atoms with E-state index in [0.29, 0.717) is 0 Å². The molecule has 1 N–H and O–H groups in total. The molecule has 2 aromatic rings. The fraction of sp³-hybridized carbons (Fsp3) is 0.333. The Labute approximate surface area is 120 Å². The van der Waals surface area contributed by atoms with E-state index in [1.807, 2.05) is 6.26 Å². The maximum Gasteiger partial charge on any atom is 0.179 e. The average molecular weight is 297 g/mol. The minimum absolute atomic E-state index is 0.897. The van der Waals surface area contributed by atoms with Crippen LogP contribution < -0.4 is 5.32 Å². The van der Waals surface area contributed by atoms with Crippen molar-refractivity contribution >= 4 is 34.9 Å². The standard InChI is InChI=1S/C12H15N3S3/c1-3-13-8-9-6-4-5-7-10(9)17-12-15-14-11(16-2)18-12/h4-7,13H,3,8H2,1-2H3. The van der Waals surface area contributed by atoms with Gasteiger partial charge in [0, 0.05) is 11.4 Å². The molecule has 0 aliphatic carbocycles. The van der Waals surface area contributed by atoms with Gasteiger partial charge in [-0.2, -0.15) is 0 Å². The summed E-state index contributed by atoms with van der Waals surface area (Å²) in [6.07, 6.45) is 2.02. The third kappa shape index (κ3) is 3.71. The average Bonchev–Trinajstić information content (AvgIpc) is 2.85. The van der Waals surface area contributed by atoms with Crippen LogP contribution in [0.3, 0.4) is 0 Å². The monoisotopic (exact) mass is 297 g/mol. The number of thioether (sulfide) groups is 1. The van der Waals surface area contributed by atoms with E-state index >= 15 is 0 Å². The van der Waals surface area contributed by atoms with Crippen LogP contribution in [0.5, 0.6) is 0 Å². The summed E-state index contributed by atoms with van der Waals surface area (Å²) in [5.74, 6) is 0. The second kappa shape index (κ2) is 7.13. The molecule has 0 saturated heterocycles. The normalized spacial score (nSPS) is 10.8. The third-order valence-corrected chi connectivity index (χ3v) is 5.37. The number of hydrogen-bond donors (Lipinski definition) is 1. The first-order valence-corrected chi connectivity index (χ1v) is 8.53. The summed E-state index contributed by atoms with van der Waals surface area (Å²) >= 11 is 4.97. The van der Waals surface area contributed by atoms with Crippen molar-refractivity contribution in [2.75, 3.05) is 12.8 Å². The predicted octanol–water partition coefficient (Wildman–Crippen LogP) is 3.52. The SMILES string of the molecule is CCNCc1ccccc1Sc1nnc(SC)s1. The summed E-state index contributed by atoms with van der Waals surface area (Å²) < 4.78 is 2.02. The number of benzene rings is 1. The lowest BCUT2D eigenvalue weighted by Crippen LogP contribution is -2.12. The molecule has 0 bridgehead atoms. The summed E-state index contributed by atoms with van der Waals surface area (Å²) in [4.78, 5) is 1.25. The fourth-order valence-corrected chi connectivity index (χ4v) is 3.95. The highest BCUT2D eigenvalue weighted by atomic mass is 32.2. The van der Waals surface area contributed by atoms with E-state index in [2.05, 4.69) is 46.7 Å². The van der Waals surface area contributed by atoms with Crippen LogP contribution in [-0.4, -0.2) is 23.0 Å². The van der Waals surface area contributed by atoms with Gasteiger partial charge in [-0.05, 0) is 24.4 Å². The molecule has 1 aromatic carbocycles. The molecule has 18 heavy (non-hydrogen) atoms. The van der Waals surface area contributed by atoms with Gasteiger partial charge in [0.1, 0.15) is 0 Å². The Kier molecular flexibility index (Phi) is 5.49. The van der Waals surface area contributed by atoms with Crippen molar-refractivity contribution in [3.63, 3.8) is 0 Å².